The van der Waals surface area contributed by atoms with Crippen LogP contribution in [0.1, 0.15) is 32.3 Å². The van der Waals surface area contributed by atoms with Crippen molar-refractivity contribution in [1.29, 1.82) is 0 Å². The van der Waals surface area contributed by atoms with E-state index in [0.29, 0.717) is 13.2 Å². The van der Waals surface area contributed by atoms with E-state index in [9.17, 15) is 13.2 Å². The maximum atomic E-state index is 12.6. The highest BCUT2D eigenvalue weighted by Crippen LogP contribution is 2.30. The van der Waals surface area contributed by atoms with Crippen molar-refractivity contribution in [2.75, 3.05) is 13.2 Å². The summed E-state index contributed by atoms with van der Waals surface area (Å²) in [5, 5.41) is 1.04. The maximum absolute atomic E-state index is 12.6. The molecule has 0 aromatic heterocycles. The molecule has 0 heterocycles. The summed E-state index contributed by atoms with van der Waals surface area (Å²) < 4.78 is 49.7. The zero-order valence-corrected chi connectivity index (χ0v) is 15.6. The zero-order chi connectivity index (χ0) is 18.3. The molecule has 0 aliphatic heterocycles. The Hall–Kier alpha value is -1.63. The van der Waals surface area contributed by atoms with Crippen LogP contribution in [-0.2, 0) is 15.0 Å². The molecule has 0 radical (unpaired) electrons. The highest BCUT2D eigenvalue weighted by atomic mass is 28.3. The lowest BCUT2D eigenvalue weighted by atomic mass is 10.0. The Morgan fingerprint density at radius 1 is 0.760 bits per heavy atom. The maximum Gasteiger partial charge on any atom is 0.416 e. The predicted molar refractivity (Wildman–Crippen MR) is 96.1 cm³/mol. The van der Waals surface area contributed by atoms with Gasteiger partial charge in [-0.15, -0.1) is 0 Å². The molecule has 2 nitrogen and oxygen atoms in total. The van der Waals surface area contributed by atoms with Crippen LogP contribution in [-0.4, -0.2) is 22.5 Å². The van der Waals surface area contributed by atoms with Crippen molar-refractivity contribution in [3.63, 3.8) is 0 Å². The second-order valence-corrected chi connectivity index (χ2v) is 7.77. The minimum absolute atomic E-state index is 0.638. The van der Waals surface area contributed by atoms with Gasteiger partial charge in [-0.2, -0.15) is 13.2 Å². The van der Waals surface area contributed by atoms with Crippen molar-refractivity contribution in [3.05, 3.63) is 54.1 Å². The highest BCUT2D eigenvalue weighted by Gasteiger charge is 2.29. The Balaban J connectivity index is 2.14. The zero-order valence-electron chi connectivity index (χ0n) is 14.5. The Labute approximate surface area is 148 Å². The van der Waals surface area contributed by atoms with Crippen molar-refractivity contribution in [1.82, 2.24) is 0 Å². The molecule has 6 heteroatoms. The molecule has 0 bridgehead atoms. The Morgan fingerprint density at radius 2 is 1.20 bits per heavy atom. The van der Waals surface area contributed by atoms with E-state index < -0.39 is 21.0 Å². The van der Waals surface area contributed by atoms with Crippen LogP contribution in [0.15, 0.2) is 48.5 Å². The molecule has 0 N–H and O–H groups in total. The second kappa shape index (κ2) is 9.17. The third-order valence-corrected chi connectivity index (χ3v) is 5.68. The first-order valence-corrected chi connectivity index (χ1v) is 9.98. The van der Waals surface area contributed by atoms with Crippen LogP contribution in [0.25, 0.3) is 11.1 Å². The summed E-state index contributed by atoms with van der Waals surface area (Å²) in [6.45, 7) is 5.44. The van der Waals surface area contributed by atoms with E-state index in [-0.39, 0.29) is 0 Å². The van der Waals surface area contributed by atoms with Gasteiger partial charge in [0.15, 0.2) is 0 Å². The van der Waals surface area contributed by atoms with Crippen molar-refractivity contribution < 1.29 is 22.0 Å². The van der Waals surface area contributed by atoms with Gasteiger partial charge < -0.3 is 8.85 Å². The highest BCUT2D eigenvalue weighted by molar-refractivity contribution is 6.61. The van der Waals surface area contributed by atoms with E-state index in [1.54, 1.807) is 0 Å². The topological polar surface area (TPSA) is 18.5 Å². The summed E-state index contributed by atoms with van der Waals surface area (Å²) >= 11 is 0. The number of rotatable bonds is 8. The van der Waals surface area contributed by atoms with Gasteiger partial charge in [0.25, 0.3) is 0 Å². The number of hydrogen-bond donors (Lipinski definition) is 0. The minimum atomic E-state index is -4.31. The van der Waals surface area contributed by atoms with E-state index in [0.717, 1.165) is 41.3 Å². The fourth-order valence-electron chi connectivity index (χ4n) is 2.37. The molecule has 2 rings (SSSR count). The van der Waals surface area contributed by atoms with E-state index in [2.05, 4.69) is 13.8 Å². The van der Waals surface area contributed by atoms with Crippen molar-refractivity contribution >= 4 is 14.5 Å². The molecule has 136 valence electrons. The number of halogens is 3. The van der Waals surface area contributed by atoms with Gasteiger partial charge in [0.2, 0.25) is 0 Å². The molecule has 0 saturated carbocycles. The van der Waals surface area contributed by atoms with Gasteiger partial charge in [-0.05, 0) is 41.3 Å². The fourth-order valence-corrected chi connectivity index (χ4v) is 4.26. The third kappa shape index (κ3) is 5.69. The molecule has 0 fully saturated rings. The van der Waals surface area contributed by atoms with Crippen molar-refractivity contribution in [2.24, 2.45) is 0 Å². The lowest BCUT2D eigenvalue weighted by Crippen LogP contribution is -2.37. The van der Waals surface area contributed by atoms with Crippen LogP contribution >= 0.6 is 0 Å². The van der Waals surface area contributed by atoms with Gasteiger partial charge >= 0.3 is 15.5 Å². The molecular weight excluding hydrogens is 345 g/mol. The van der Waals surface area contributed by atoms with Gasteiger partial charge in [-0.3, -0.25) is 0 Å². The Bertz CT molecular complexity index is 631. The summed E-state index contributed by atoms with van der Waals surface area (Å²) in [5.41, 5.74) is 0.985. The van der Waals surface area contributed by atoms with Crippen LogP contribution in [0.2, 0.25) is 0 Å². The summed E-state index contributed by atoms with van der Waals surface area (Å²) in [4.78, 5) is 0. The minimum Gasteiger partial charge on any atom is -0.393 e. The quantitative estimate of drug-likeness (QED) is 0.631. The first-order valence-electron chi connectivity index (χ1n) is 8.46. The average Bonchev–Trinajstić information content (AvgIpc) is 2.61. The number of hydrogen-bond acceptors (Lipinski definition) is 2. The van der Waals surface area contributed by atoms with Crippen LogP contribution in [0, 0.1) is 0 Å². The normalized spacial score (nSPS) is 11.9. The summed E-state index contributed by atoms with van der Waals surface area (Å²) in [7, 11) is -1.92. The van der Waals surface area contributed by atoms with Crippen LogP contribution < -0.4 is 5.19 Å². The molecule has 0 atom stereocenters. The molecule has 0 spiro atoms. The predicted octanol–water partition coefficient (Wildman–Crippen LogP) is 4.65. The summed E-state index contributed by atoms with van der Waals surface area (Å²) in [6, 6.07) is 12.9. The first-order chi connectivity index (χ1) is 12.0. The number of benzene rings is 2. The first kappa shape index (κ1) is 19.7. The fraction of sp³-hybridized carbons (Fsp3) is 0.368. The molecular formula is C19H23F3O2Si. The van der Waals surface area contributed by atoms with E-state index in [4.69, 9.17) is 8.85 Å². The largest absolute Gasteiger partial charge is 0.416 e. The van der Waals surface area contributed by atoms with E-state index in [1.807, 2.05) is 24.3 Å². The Kier molecular flexibility index (Phi) is 7.22. The van der Waals surface area contributed by atoms with Crippen LogP contribution in [0.3, 0.4) is 0 Å². The monoisotopic (exact) mass is 368 g/mol. The lowest BCUT2D eigenvalue weighted by molar-refractivity contribution is -0.137. The van der Waals surface area contributed by atoms with E-state index in [1.165, 1.54) is 12.1 Å². The Morgan fingerprint density at radius 3 is 1.60 bits per heavy atom. The summed E-state index contributed by atoms with van der Waals surface area (Å²) in [6.07, 6.45) is -2.44. The smallest absolute Gasteiger partial charge is 0.393 e. The van der Waals surface area contributed by atoms with Crippen molar-refractivity contribution in [3.8, 4) is 11.1 Å². The molecule has 2 aromatic rings. The third-order valence-electron chi connectivity index (χ3n) is 3.68. The second-order valence-electron chi connectivity index (χ2n) is 5.77. The SMILES string of the molecule is CCCO[SiH](OCCC)c1ccc(-c2ccc(C(F)(F)F)cc2)cc1. The van der Waals surface area contributed by atoms with E-state index >= 15 is 0 Å². The molecule has 0 aliphatic rings. The van der Waals surface area contributed by atoms with Crippen LogP contribution in [0.4, 0.5) is 13.2 Å². The van der Waals surface area contributed by atoms with Gasteiger partial charge in [-0.25, -0.2) is 0 Å². The molecule has 0 unspecified atom stereocenters. The standard InChI is InChI=1S/C19H23F3O2Si/c1-3-13-23-25(24-14-4-2)18-11-7-16(8-12-18)15-5-9-17(10-6-15)19(20,21)22/h5-12,25H,3-4,13-14H2,1-2H3. The molecule has 0 amide bonds. The molecule has 2 aromatic carbocycles. The van der Waals surface area contributed by atoms with Crippen molar-refractivity contribution in [2.45, 2.75) is 32.9 Å². The molecule has 0 saturated heterocycles. The van der Waals surface area contributed by atoms with Crippen LogP contribution in [0.5, 0.6) is 0 Å². The summed E-state index contributed by atoms with van der Waals surface area (Å²) in [5.74, 6) is 0. The van der Waals surface area contributed by atoms with Gasteiger partial charge in [0, 0.05) is 13.2 Å². The molecule has 25 heavy (non-hydrogen) atoms. The lowest BCUT2D eigenvalue weighted by Gasteiger charge is -2.17. The van der Waals surface area contributed by atoms with Gasteiger partial charge in [0.1, 0.15) is 0 Å². The van der Waals surface area contributed by atoms with Gasteiger partial charge in [0.05, 0.1) is 5.56 Å². The van der Waals surface area contributed by atoms with Gasteiger partial charge in [-0.1, -0.05) is 50.2 Å². The number of alkyl halides is 3. The molecule has 0 aliphatic carbocycles. The average molecular weight is 368 g/mol.